The molecule has 0 aliphatic rings. The minimum absolute atomic E-state index is 0.0966. The fourth-order valence-electron chi connectivity index (χ4n) is 1.60. The van der Waals surface area contributed by atoms with Crippen molar-refractivity contribution < 1.29 is 14.6 Å². The van der Waals surface area contributed by atoms with E-state index >= 15 is 0 Å². The zero-order valence-corrected chi connectivity index (χ0v) is 12.9. The highest BCUT2D eigenvalue weighted by molar-refractivity contribution is 6.43. The van der Waals surface area contributed by atoms with E-state index in [0.29, 0.717) is 5.56 Å². The van der Waals surface area contributed by atoms with Crippen LogP contribution in [-0.4, -0.2) is 29.3 Å². The average Bonchev–Trinajstić information content (AvgIpc) is 2.54. The third kappa shape index (κ3) is 3.47. The van der Waals surface area contributed by atoms with E-state index in [0.717, 1.165) is 0 Å². The highest BCUT2D eigenvalue weighted by atomic mass is 35.5. The molecule has 8 heteroatoms. The summed E-state index contributed by atoms with van der Waals surface area (Å²) in [6.07, 6.45) is 4.13. The number of nitrogens with one attached hydrogen (secondary N) is 1. The van der Waals surface area contributed by atoms with Crippen molar-refractivity contribution in [1.82, 2.24) is 10.4 Å². The number of hydrogen-bond acceptors (Lipinski definition) is 5. The fourth-order valence-corrected chi connectivity index (χ4v) is 2.00. The summed E-state index contributed by atoms with van der Waals surface area (Å²) in [7, 11) is 1.38. The van der Waals surface area contributed by atoms with Crippen LogP contribution in [-0.2, 0) is 0 Å². The van der Waals surface area contributed by atoms with E-state index in [2.05, 4.69) is 15.5 Å². The van der Waals surface area contributed by atoms with Gasteiger partial charge in [-0.05, 0) is 12.1 Å². The molecule has 114 valence electrons. The number of hydrazone groups is 1. The smallest absolute Gasteiger partial charge is 0.272 e. The summed E-state index contributed by atoms with van der Waals surface area (Å²) >= 11 is 11.9. The summed E-state index contributed by atoms with van der Waals surface area (Å²) in [6, 6.07) is 4.60. The molecule has 1 amide bonds. The molecule has 0 unspecified atom stereocenters. The maximum Gasteiger partial charge on any atom is 0.272 e. The largest absolute Gasteiger partial charge is 0.504 e. The molecule has 2 aromatic rings. The average molecular weight is 340 g/mol. The van der Waals surface area contributed by atoms with Crippen LogP contribution in [0.1, 0.15) is 15.9 Å². The van der Waals surface area contributed by atoms with Crippen LogP contribution in [0.5, 0.6) is 11.5 Å². The first-order valence-electron chi connectivity index (χ1n) is 6.03. The Morgan fingerprint density at radius 1 is 1.50 bits per heavy atom. The summed E-state index contributed by atoms with van der Waals surface area (Å²) in [6.45, 7) is 0. The number of carbonyl (C=O) groups is 1. The van der Waals surface area contributed by atoms with Crippen molar-refractivity contribution in [3.05, 3.63) is 51.8 Å². The maximum absolute atomic E-state index is 11.8. The summed E-state index contributed by atoms with van der Waals surface area (Å²) < 4.78 is 4.97. The molecule has 0 saturated heterocycles. The van der Waals surface area contributed by atoms with Gasteiger partial charge in [-0.1, -0.05) is 23.2 Å². The molecule has 0 spiro atoms. The van der Waals surface area contributed by atoms with Gasteiger partial charge >= 0.3 is 0 Å². The first-order chi connectivity index (χ1) is 10.5. The van der Waals surface area contributed by atoms with Crippen LogP contribution in [0.2, 0.25) is 10.0 Å². The Kier molecular flexibility index (Phi) is 5.19. The number of phenols is 1. The fraction of sp³-hybridized carbons (Fsp3) is 0.0714. The summed E-state index contributed by atoms with van der Waals surface area (Å²) in [5.74, 6) is -0.528. The van der Waals surface area contributed by atoms with Crippen LogP contribution >= 0.6 is 23.2 Å². The molecule has 0 fully saturated rings. The quantitative estimate of drug-likeness (QED) is 0.662. The molecule has 2 N–H and O–H groups in total. The van der Waals surface area contributed by atoms with Crippen molar-refractivity contribution in [1.29, 1.82) is 0 Å². The van der Waals surface area contributed by atoms with Crippen molar-refractivity contribution in [2.24, 2.45) is 5.10 Å². The number of aromatic nitrogens is 1. The Labute approximate surface area is 136 Å². The molecule has 0 aliphatic carbocycles. The predicted octanol–water partition coefficient (Wildman–Crippen LogP) is 2.87. The molecule has 22 heavy (non-hydrogen) atoms. The van der Waals surface area contributed by atoms with Gasteiger partial charge in [-0.15, -0.1) is 0 Å². The topological polar surface area (TPSA) is 83.8 Å². The summed E-state index contributed by atoms with van der Waals surface area (Å²) in [5, 5.41) is 14.0. The normalized spacial score (nSPS) is 10.7. The zero-order valence-electron chi connectivity index (χ0n) is 11.4. The Morgan fingerprint density at radius 2 is 2.27 bits per heavy atom. The van der Waals surface area contributed by atoms with Gasteiger partial charge in [0.1, 0.15) is 0 Å². The monoisotopic (exact) mass is 339 g/mol. The minimum atomic E-state index is -0.450. The van der Waals surface area contributed by atoms with Gasteiger partial charge < -0.3 is 9.84 Å². The van der Waals surface area contributed by atoms with E-state index in [1.54, 1.807) is 18.3 Å². The van der Waals surface area contributed by atoms with E-state index < -0.39 is 5.91 Å². The molecule has 0 aliphatic heterocycles. The lowest BCUT2D eigenvalue weighted by molar-refractivity contribution is 0.0954. The summed E-state index contributed by atoms with van der Waals surface area (Å²) in [4.78, 5) is 15.6. The zero-order chi connectivity index (χ0) is 16.1. The first-order valence-corrected chi connectivity index (χ1v) is 6.78. The third-order valence-corrected chi connectivity index (χ3v) is 3.50. The second kappa shape index (κ2) is 7.11. The third-order valence-electron chi connectivity index (χ3n) is 2.70. The van der Waals surface area contributed by atoms with Crippen molar-refractivity contribution in [2.75, 3.05) is 7.11 Å². The standard InChI is InChI=1S/C14H11Cl2N3O3/c1-22-11-5-10(15)12(16)9(13(11)20)7-18-19-14(21)8-3-2-4-17-6-8/h2-7,20H,1H3,(H,19,21)/b18-7-. The van der Waals surface area contributed by atoms with Crippen LogP contribution in [0.3, 0.4) is 0 Å². The van der Waals surface area contributed by atoms with Gasteiger partial charge in [-0.2, -0.15) is 5.10 Å². The number of phenolic OH excluding ortho intramolecular Hbond substituents is 1. The lowest BCUT2D eigenvalue weighted by atomic mass is 10.2. The van der Waals surface area contributed by atoms with Crippen LogP contribution in [0.25, 0.3) is 0 Å². The van der Waals surface area contributed by atoms with Crippen molar-refractivity contribution in [2.45, 2.75) is 0 Å². The number of aromatic hydroxyl groups is 1. The Hall–Kier alpha value is -2.31. The molecule has 0 bridgehead atoms. The van der Waals surface area contributed by atoms with Crippen molar-refractivity contribution in [3.63, 3.8) is 0 Å². The molecule has 0 saturated carbocycles. The van der Waals surface area contributed by atoms with E-state index in [1.165, 1.54) is 25.6 Å². The van der Waals surface area contributed by atoms with Crippen LogP contribution < -0.4 is 10.2 Å². The van der Waals surface area contributed by atoms with Gasteiger partial charge in [0.05, 0.1) is 34.5 Å². The molecule has 1 heterocycles. The first kappa shape index (κ1) is 16.1. The second-order valence-corrected chi connectivity index (χ2v) is 4.86. The minimum Gasteiger partial charge on any atom is -0.504 e. The van der Waals surface area contributed by atoms with Gasteiger partial charge in [0.2, 0.25) is 0 Å². The Balaban J connectivity index is 2.20. The number of ether oxygens (including phenoxy) is 1. The van der Waals surface area contributed by atoms with Gasteiger partial charge in [-0.3, -0.25) is 9.78 Å². The Bertz CT molecular complexity index is 721. The van der Waals surface area contributed by atoms with E-state index in [1.807, 2.05) is 0 Å². The van der Waals surface area contributed by atoms with E-state index in [4.69, 9.17) is 27.9 Å². The van der Waals surface area contributed by atoms with Crippen LogP contribution in [0.15, 0.2) is 35.7 Å². The number of rotatable bonds is 4. The molecular formula is C14H11Cl2N3O3. The van der Waals surface area contributed by atoms with Gasteiger partial charge in [0, 0.05) is 18.5 Å². The summed E-state index contributed by atoms with van der Waals surface area (Å²) in [5.41, 5.74) is 2.78. The maximum atomic E-state index is 11.8. The lowest BCUT2D eigenvalue weighted by Crippen LogP contribution is -2.17. The number of benzene rings is 1. The lowest BCUT2D eigenvalue weighted by Gasteiger charge is -2.09. The number of pyridine rings is 1. The Morgan fingerprint density at radius 3 is 2.91 bits per heavy atom. The highest BCUT2D eigenvalue weighted by Crippen LogP contribution is 2.38. The van der Waals surface area contributed by atoms with Crippen molar-refractivity contribution in [3.8, 4) is 11.5 Å². The number of amides is 1. The van der Waals surface area contributed by atoms with E-state index in [9.17, 15) is 9.90 Å². The molecule has 1 aromatic heterocycles. The van der Waals surface area contributed by atoms with Crippen LogP contribution in [0.4, 0.5) is 0 Å². The molecule has 6 nitrogen and oxygen atoms in total. The number of methoxy groups -OCH3 is 1. The van der Waals surface area contributed by atoms with Gasteiger partial charge in [0.15, 0.2) is 11.5 Å². The number of carbonyl (C=O) groups excluding carboxylic acids is 1. The van der Waals surface area contributed by atoms with Crippen molar-refractivity contribution >= 4 is 35.3 Å². The predicted molar refractivity (Wildman–Crippen MR) is 84.0 cm³/mol. The molecule has 1 aromatic carbocycles. The number of nitrogens with zero attached hydrogens (tertiary/aromatic N) is 2. The molecule has 2 rings (SSSR count). The molecular weight excluding hydrogens is 329 g/mol. The number of hydrogen-bond donors (Lipinski definition) is 2. The highest BCUT2D eigenvalue weighted by Gasteiger charge is 2.15. The molecule has 0 radical (unpaired) electrons. The van der Waals surface area contributed by atoms with Gasteiger partial charge in [-0.25, -0.2) is 5.43 Å². The number of halogens is 2. The van der Waals surface area contributed by atoms with E-state index in [-0.39, 0.29) is 27.1 Å². The van der Waals surface area contributed by atoms with Crippen LogP contribution in [0, 0.1) is 0 Å². The second-order valence-electron chi connectivity index (χ2n) is 4.08. The van der Waals surface area contributed by atoms with Gasteiger partial charge in [0.25, 0.3) is 5.91 Å². The SMILES string of the molecule is COc1cc(Cl)c(Cl)c(/C=N\NC(=O)c2cccnc2)c1O. The molecule has 0 atom stereocenters.